The van der Waals surface area contributed by atoms with Gasteiger partial charge in [0.15, 0.2) is 15.9 Å². The third kappa shape index (κ3) is 4.92. The van der Waals surface area contributed by atoms with E-state index in [0.717, 1.165) is 15.7 Å². The van der Waals surface area contributed by atoms with E-state index in [-0.39, 0.29) is 28.8 Å². The number of carbonyl (C=O) groups is 2. The van der Waals surface area contributed by atoms with Crippen molar-refractivity contribution in [2.45, 2.75) is 36.4 Å². The van der Waals surface area contributed by atoms with Crippen LogP contribution in [0.25, 0.3) is 0 Å². The van der Waals surface area contributed by atoms with Gasteiger partial charge in [-0.2, -0.15) is 5.26 Å². The maximum atomic E-state index is 13.2. The van der Waals surface area contributed by atoms with Gasteiger partial charge in [-0.1, -0.05) is 62.4 Å². The van der Waals surface area contributed by atoms with E-state index in [1.165, 1.54) is 23.1 Å². The van der Waals surface area contributed by atoms with Crippen LogP contribution < -0.4 is 16.0 Å². The van der Waals surface area contributed by atoms with Gasteiger partial charge < -0.3 is 15.6 Å². The smallest absolute Gasteiger partial charge is 0.236 e. The highest BCUT2D eigenvalue weighted by Crippen LogP contribution is 2.48. The number of halogens is 1. The second kappa shape index (κ2) is 10.5. The number of aromatic nitrogens is 3. The van der Waals surface area contributed by atoms with E-state index in [4.69, 9.17) is 10.3 Å². The van der Waals surface area contributed by atoms with Crippen molar-refractivity contribution in [1.82, 2.24) is 15.4 Å². The van der Waals surface area contributed by atoms with E-state index in [9.17, 15) is 14.9 Å². The number of hydrogen-bond donors (Lipinski definition) is 2. The number of nitrogens with zero attached hydrogens (tertiary/aromatic N) is 5. The fraction of sp³-hybridized carbons (Fsp3) is 0.250. The van der Waals surface area contributed by atoms with Gasteiger partial charge >= 0.3 is 0 Å². The van der Waals surface area contributed by atoms with Crippen LogP contribution in [0.15, 0.2) is 66.3 Å². The maximum absolute atomic E-state index is 13.2. The Morgan fingerprint density at radius 3 is 2.92 bits per heavy atom. The number of amides is 1. The molecule has 5 rings (SSSR count). The first-order valence-corrected chi connectivity index (χ1v) is 13.9. The van der Waals surface area contributed by atoms with Gasteiger partial charge in [0.2, 0.25) is 11.0 Å². The average Bonchev–Trinajstić information content (AvgIpc) is 3.51. The molecule has 1 atom stereocenters. The molecule has 10 nitrogen and oxygen atoms in total. The number of carbonyl (C=O) groups excluding carboxylic acids is 2. The average molecular weight is 599 g/mol. The summed E-state index contributed by atoms with van der Waals surface area (Å²) in [7, 11) is 0. The van der Waals surface area contributed by atoms with E-state index in [2.05, 4.69) is 42.7 Å². The lowest BCUT2D eigenvalue weighted by molar-refractivity contribution is -0.116. The van der Waals surface area contributed by atoms with E-state index in [1.54, 1.807) is 17.9 Å². The largest absolute Gasteiger partial charge is 0.384 e. The first kappa shape index (κ1) is 25.2. The number of anilines is 2. The molecular weight excluding hydrogens is 578 g/mol. The van der Waals surface area contributed by atoms with Crippen LogP contribution in [-0.4, -0.2) is 32.8 Å². The normalized spacial score (nSPS) is 17.6. The molecule has 1 aromatic carbocycles. The van der Waals surface area contributed by atoms with Crippen LogP contribution in [0.3, 0.4) is 0 Å². The number of aryl methyl sites for hydroxylation is 1. The summed E-state index contributed by atoms with van der Waals surface area (Å²) in [6.07, 6.45) is 1.70. The quantitative estimate of drug-likeness (QED) is 0.384. The van der Waals surface area contributed by atoms with E-state index < -0.39 is 5.92 Å². The number of nitrogens with two attached hydrogens (primary N) is 1. The lowest BCUT2D eigenvalue weighted by Gasteiger charge is -2.38. The van der Waals surface area contributed by atoms with Gasteiger partial charge in [-0.25, -0.2) is 0 Å². The Morgan fingerprint density at radius 2 is 2.19 bits per heavy atom. The van der Waals surface area contributed by atoms with Crippen LogP contribution in [0.2, 0.25) is 0 Å². The topological polar surface area (TPSA) is 151 Å². The summed E-state index contributed by atoms with van der Waals surface area (Å²) in [5.74, 6) is 0.416. The second-order valence-corrected chi connectivity index (χ2v) is 11.4. The second-order valence-electron chi connectivity index (χ2n) is 8.35. The lowest BCUT2D eigenvalue weighted by atomic mass is 9.76. The highest BCUT2D eigenvalue weighted by atomic mass is 79.9. The molecule has 1 unspecified atom stereocenters. The van der Waals surface area contributed by atoms with Crippen LogP contribution in [0.4, 0.5) is 10.9 Å². The first-order valence-electron chi connectivity index (χ1n) is 11.3. The molecule has 13 heteroatoms. The molecule has 188 valence electrons. The van der Waals surface area contributed by atoms with Crippen molar-refractivity contribution in [2.75, 3.05) is 16.0 Å². The molecule has 0 saturated carbocycles. The van der Waals surface area contributed by atoms with Crippen LogP contribution >= 0.6 is 39.0 Å². The van der Waals surface area contributed by atoms with E-state index in [0.29, 0.717) is 45.9 Å². The standard InChI is InChI=1S/C24H20BrN7O3S2/c1-12-9-18(31-35-12)28-19(34)11-36-24-30-29-23(37-24)32-16-7-4-8-17(33)21(16)20(14(10-26)22(32)27)13-5-2-3-6-15(13)25/h2-3,5-6,9,20H,4,7-8,11,27H2,1H3,(H,28,31,34). The minimum Gasteiger partial charge on any atom is -0.384 e. The van der Waals surface area contributed by atoms with Crippen LogP contribution in [0, 0.1) is 18.3 Å². The number of nitriles is 1. The number of allylic oxidation sites excluding steroid dienone is 3. The molecule has 0 spiro atoms. The maximum Gasteiger partial charge on any atom is 0.236 e. The van der Waals surface area contributed by atoms with Gasteiger partial charge in [-0.15, -0.1) is 10.2 Å². The molecule has 1 aliphatic carbocycles. The Morgan fingerprint density at radius 1 is 1.38 bits per heavy atom. The molecule has 0 fully saturated rings. The molecule has 0 radical (unpaired) electrons. The molecule has 1 amide bonds. The summed E-state index contributed by atoms with van der Waals surface area (Å²) in [4.78, 5) is 27.2. The molecular formula is C24H20BrN7O3S2. The highest BCUT2D eigenvalue weighted by molar-refractivity contribution is 9.10. The molecule has 1 aliphatic heterocycles. The molecule has 3 N–H and O–H groups in total. The minimum atomic E-state index is -0.565. The van der Waals surface area contributed by atoms with Crippen molar-refractivity contribution in [1.29, 1.82) is 5.26 Å². The van der Waals surface area contributed by atoms with Gasteiger partial charge in [0, 0.05) is 28.2 Å². The van der Waals surface area contributed by atoms with Crippen LogP contribution in [0.1, 0.15) is 36.5 Å². The number of rotatable bonds is 6. The number of benzene rings is 1. The number of nitrogens with one attached hydrogen (secondary N) is 1. The third-order valence-electron chi connectivity index (χ3n) is 5.94. The van der Waals surface area contributed by atoms with Crippen molar-refractivity contribution in [3.05, 3.63) is 68.8 Å². The van der Waals surface area contributed by atoms with Crippen molar-refractivity contribution in [3.63, 3.8) is 0 Å². The summed E-state index contributed by atoms with van der Waals surface area (Å²) in [5, 5.41) is 25.5. The fourth-order valence-electron chi connectivity index (χ4n) is 4.41. The Balaban J connectivity index is 1.44. The Kier molecular flexibility index (Phi) is 7.14. The highest BCUT2D eigenvalue weighted by Gasteiger charge is 2.41. The van der Waals surface area contributed by atoms with Crippen molar-refractivity contribution >= 4 is 61.7 Å². The van der Waals surface area contributed by atoms with Gasteiger partial charge in [0.1, 0.15) is 11.6 Å². The number of ketones is 1. The fourth-order valence-corrected chi connectivity index (χ4v) is 6.60. The summed E-state index contributed by atoms with van der Waals surface area (Å²) >= 11 is 6.03. The molecule has 37 heavy (non-hydrogen) atoms. The predicted molar refractivity (Wildman–Crippen MR) is 143 cm³/mol. The number of Topliss-reactive ketones (excluding diaryl/α,β-unsaturated/α-hetero) is 1. The van der Waals surface area contributed by atoms with Crippen molar-refractivity contribution in [2.24, 2.45) is 5.73 Å². The number of thioether (sulfide) groups is 1. The molecule has 3 heterocycles. The van der Waals surface area contributed by atoms with Crippen LogP contribution in [0.5, 0.6) is 0 Å². The summed E-state index contributed by atoms with van der Waals surface area (Å²) in [6, 6.07) is 11.4. The van der Waals surface area contributed by atoms with Gasteiger partial charge in [-0.05, 0) is 31.4 Å². The van der Waals surface area contributed by atoms with Gasteiger partial charge in [-0.3, -0.25) is 14.5 Å². The van der Waals surface area contributed by atoms with E-state index in [1.807, 2.05) is 24.3 Å². The third-order valence-corrected chi connectivity index (χ3v) is 8.70. The zero-order valence-corrected chi connectivity index (χ0v) is 22.7. The van der Waals surface area contributed by atoms with E-state index >= 15 is 0 Å². The summed E-state index contributed by atoms with van der Waals surface area (Å²) in [5.41, 5.74) is 8.99. The monoisotopic (exact) mass is 597 g/mol. The Labute approximate surface area is 228 Å². The Hall–Kier alpha value is -3.47. The zero-order valence-electron chi connectivity index (χ0n) is 19.5. The van der Waals surface area contributed by atoms with Gasteiger partial charge in [0.25, 0.3) is 0 Å². The Bertz CT molecular complexity index is 1500. The predicted octanol–water partition coefficient (Wildman–Crippen LogP) is 4.63. The lowest BCUT2D eigenvalue weighted by Crippen LogP contribution is -2.38. The molecule has 2 aromatic heterocycles. The van der Waals surface area contributed by atoms with Crippen molar-refractivity contribution in [3.8, 4) is 6.07 Å². The molecule has 2 aliphatic rings. The first-order chi connectivity index (χ1) is 17.9. The molecule has 0 saturated heterocycles. The zero-order chi connectivity index (χ0) is 26.1. The summed E-state index contributed by atoms with van der Waals surface area (Å²) in [6.45, 7) is 1.74. The molecule has 3 aromatic rings. The van der Waals surface area contributed by atoms with Crippen LogP contribution in [-0.2, 0) is 9.59 Å². The number of hydrogen-bond acceptors (Lipinski definition) is 11. The van der Waals surface area contributed by atoms with Gasteiger partial charge in [0.05, 0.1) is 23.3 Å². The van der Waals surface area contributed by atoms with Crippen molar-refractivity contribution < 1.29 is 14.1 Å². The summed E-state index contributed by atoms with van der Waals surface area (Å²) < 4.78 is 6.30. The SMILES string of the molecule is Cc1cc(NC(=O)CSc2nnc(N3C(N)=C(C#N)C(c4ccccc4Br)C4=C3CCCC4=O)s2)no1. The molecule has 0 bridgehead atoms. The minimum absolute atomic E-state index is 0.00821.